The highest BCUT2D eigenvalue weighted by molar-refractivity contribution is 7.14. The van der Waals surface area contributed by atoms with Gasteiger partial charge in [0.25, 0.3) is 5.91 Å². The summed E-state index contributed by atoms with van der Waals surface area (Å²) in [5.74, 6) is 0.522. The van der Waals surface area contributed by atoms with E-state index in [0.29, 0.717) is 16.5 Å². The van der Waals surface area contributed by atoms with Gasteiger partial charge in [0.15, 0.2) is 5.13 Å². The number of rotatable bonds is 6. The SMILES string of the molecule is COc1ccc(Nc2nc(C(=O)Nc3cnn(C(C)C)c3)cs2)cc1. The molecule has 1 aromatic carbocycles. The predicted molar refractivity (Wildman–Crippen MR) is 99.0 cm³/mol. The molecule has 2 aromatic heterocycles. The van der Waals surface area contributed by atoms with Crippen LogP contribution in [0.1, 0.15) is 30.4 Å². The van der Waals surface area contributed by atoms with E-state index in [9.17, 15) is 4.79 Å². The van der Waals surface area contributed by atoms with Gasteiger partial charge in [-0.15, -0.1) is 11.3 Å². The van der Waals surface area contributed by atoms with Gasteiger partial charge < -0.3 is 15.4 Å². The third-order valence-corrected chi connectivity index (χ3v) is 4.22. The highest BCUT2D eigenvalue weighted by Crippen LogP contribution is 2.23. The number of hydrogen-bond acceptors (Lipinski definition) is 6. The van der Waals surface area contributed by atoms with Gasteiger partial charge in [-0.3, -0.25) is 9.48 Å². The van der Waals surface area contributed by atoms with Gasteiger partial charge in [0.2, 0.25) is 0 Å². The van der Waals surface area contributed by atoms with Crippen LogP contribution in [-0.2, 0) is 0 Å². The average Bonchev–Trinajstić information content (AvgIpc) is 3.25. The number of methoxy groups -OCH3 is 1. The number of benzene rings is 1. The third-order valence-electron chi connectivity index (χ3n) is 3.47. The van der Waals surface area contributed by atoms with E-state index in [2.05, 4.69) is 20.7 Å². The molecule has 7 nitrogen and oxygen atoms in total. The number of carbonyl (C=O) groups is 1. The lowest BCUT2D eigenvalue weighted by Crippen LogP contribution is -2.12. The van der Waals surface area contributed by atoms with Gasteiger partial charge in [-0.25, -0.2) is 4.98 Å². The second-order valence-electron chi connectivity index (χ2n) is 5.65. The molecule has 0 aliphatic rings. The van der Waals surface area contributed by atoms with Crippen molar-refractivity contribution in [3.8, 4) is 5.75 Å². The zero-order valence-electron chi connectivity index (χ0n) is 14.2. The molecule has 0 unspecified atom stereocenters. The molecule has 0 aliphatic carbocycles. The van der Waals surface area contributed by atoms with Crippen molar-refractivity contribution in [1.82, 2.24) is 14.8 Å². The number of amides is 1. The van der Waals surface area contributed by atoms with E-state index in [-0.39, 0.29) is 11.9 Å². The van der Waals surface area contributed by atoms with Gasteiger partial charge in [-0.1, -0.05) is 0 Å². The van der Waals surface area contributed by atoms with Crippen molar-refractivity contribution in [1.29, 1.82) is 0 Å². The molecule has 130 valence electrons. The Morgan fingerprint density at radius 3 is 2.64 bits per heavy atom. The highest BCUT2D eigenvalue weighted by atomic mass is 32.1. The molecule has 0 radical (unpaired) electrons. The van der Waals surface area contributed by atoms with Crippen molar-refractivity contribution in [2.75, 3.05) is 17.7 Å². The second kappa shape index (κ2) is 7.35. The molecule has 0 spiro atoms. The van der Waals surface area contributed by atoms with Crippen molar-refractivity contribution in [2.45, 2.75) is 19.9 Å². The lowest BCUT2D eigenvalue weighted by atomic mass is 10.3. The van der Waals surface area contributed by atoms with Crippen molar-refractivity contribution in [3.63, 3.8) is 0 Å². The van der Waals surface area contributed by atoms with E-state index in [1.54, 1.807) is 29.6 Å². The molecule has 0 saturated heterocycles. The monoisotopic (exact) mass is 357 g/mol. The molecule has 3 rings (SSSR count). The van der Waals surface area contributed by atoms with Gasteiger partial charge in [-0.05, 0) is 38.1 Å². The Kier molecular flexibility index (Phi) is 4.99. The Balaban J connectivity index is 1.64. The topological polar surface area (TPSA) is 81.1 Å². The zero-order valence-corrected chi connectivity index (χ0v) is 15.0. The normalized spacial score (nSPS) is 10.7. The van der Waals surface area contributed by atoms with E-state index in [1.807, 2.05) is 38.1 Å². The first-order valence-corrected chi connectivity index (χ1v) is 8.65. The Hall–Kier alpha value is -2.87. The fourth-order valence-electron chi connectivity index (χ4n) is 2.11. The molecule has 8 heteroatoms. The molecule has 1 amide bonds. The van der Waals surface area contributed by atoms with Crippen LogP contribution in [-0.4, -0.2) is 27.8 Å². The maximum absolute atomic E-state index is 12.3. The molecular formula is C17H19N5O2S. The number of nitrogens with zero attached hydrogens (tertiary/aromatic N) is 3. The van der Waals surface area contributed by atoms with Crippen LogP contribution in [0.2, 0.25) is 0 Å². The summed E-state index contributed by atoms with van der Waals surface area (Å²) >= 11 is 1.37. The maximum atomic E-state index is 12.3. The van der Waals surface area contributed by atoms with Crippen LogP contribution in [0, 0.1) is 0 Å². The fourth-order valence-corrected chi connectivity index (χ4v) is 2.82. The van der Waals surface area contributed by atoms with Gasteiger partial charge in [-0.2, -0.15) is 5.10 Å². The molecule has 0 aliphatic heterocycles. The maximum Gasteiger partial charge on any atom is 0.275 e. The molecule has 25 heavy (non-hydrogen) atoms. The summed E-state index contributed by atoms with van der Waals surface area (Å²) in [7, 11) is 1.62. The highest BCUT2D eigenvalue weighted by Gasteiger charge is 2.12. The summed E-state index contributed by atoms with van der Waals surface area (Å²) in [4.78, 5) is 16.6. The lowest BCUT2D eigenvalue weighted by molar-refractivity contribution is 0.102. The first kappa shape index (κ1) is 17.0. The van der Waals surface area contributed by atoms with Crippen molar-refractivity contribution >= 4 is 33.8 Å². The summed E-state index contributed by atoms with van der Waals surface area (Å²) < 4.78 is 6.91. The smallest absolute Gasteiger partial charge is 0.275 e. The first-order chi connectivity index (χ1) is 12.0. The Morgan fingerprint density at radius 2 is 2.00 bits per heavy atom. The molecule has 2 heterocycles. The molecule has 0 atom stereocenters. The molecular weight excluding hydrogens is 338 g/mol. The molecule has 0 fully saturated rings. The summed E-state index contributed by atoms with van der Waals surface area (Å²) in [6, 6.07) is 7.73. The van der Waals surface area contributed by atoms with Crippen molar-refractivity contribution in [3.05, 3.63) is 47.7 Å². The van der Waals surface area contributed by atoms with E-state index in [1.165, 1.54) is 11.3 Å². The van der Waals surface area contributed by atoms with E-state index in [0.717, 1.165) is 11.4 Å². The largest absolute Gasteiger partial charge is 0.497 e. The summed E-state index contributed by atoms with van der Waals surface area (Å²) in [5, 5.41) is 12.5. The van der Waals surface area contributed by atoms with Gasteiger partial charge in [0.05, 0.1) is 19.0 Å². The number of thiazole rings is 1. The average molecular weight is 357 g/mol. The van der Waals surface area contributed by atoms with Crippen LogP contribution in [0.15, 0.2) is 42.0 Å². The summed E-state index contributed by atoms with van der Waals surface area (Å²) in [6.07, 6.45) is 3.42. The first-order valence-electron chi connectivity index (χ1n) is 7.77. The molecule has 3 aromatic rings. The zero-order chi connectivity index (χ0) is 17.8. The van der Waals surface area contributed by atoms with Crippen molar-refractivity contribution in [2.24, 2.45) is 0 Å². The van der Waals surface area contributed by atoms with Crippen LogP contribution in [0.5, 0.6) is 5.75 Å². The summed E-state index contributed by atoms with van der Waals surface area (Å²) in [6.45, 7) is 4.05. The second-order valence-corrected chi connectivity index (χ2v) is 6.51. The van der Waals surface area contributed by atoms with E-state index >= 15 is 0 Å². The minimum absolute atomic E-state index is 0.241. The quantitative estimate of drug-likeness (QED) is 0.699. The van der Waals surface area contributed by atoms with E-state index < -0.39 is 0 Å². The van der Waals surface area contributed by atoms with Crippen LogP contribution in [0.3, 0.4) is 0 Å². The fraction of sp³-hybridized carbons (Fsp3) is 0.235. The summed E-state index contributed by atoms with van der Waals surface area (Å²) in [5.41, 5.74) is 1.88. The van der Waals surface area contributed by atoms with Crippen LogP contribution in [0.25, 0.3) is 0 Å². The van der Waals surface area contributed by atoms with Crippen molar-refractivity contribution < 1.29 is 9.53 Å². The number of nitrogens with one attached hydrogen (secondary N) is 2. The lowest BCUT2D eigenvalue weighted by Gasteiger charge is -2.04. The number of carbonyl (C=O) groups excluding carboxylic acids is 1. The number of aromatic nitrogens is 3. The van der Waals surface area contributed by atoms with Gasteiger partial charge >= 0.3 is 0 Å². The van der Waals surface area contributed by atoms with Crippen LogP contribution < -0.4 is 15.4 Å². The molecule has 2 N–H and O–H groups in total. The minimum atomic E-state index is -0.262. The number of anilines is 3. The molecule has 0 bridgehead atoms. The van der Waals surface area contributed by atoms with Gasteiger partial charge in [0.1, 0.15) is 11.4 Å². The standard InChI is InChI=1S/C17H19N5O2S/c1-11(2)22-9-13(8-18-22)19-16(23)15-10-25-17(21-15)20-12-4-6-14(24-3)7-5-12/h4-11H,1-3H3,(H,19,23)(H,20,21). The van der Waals surface area contributed by atoms with Gasteiger partial charge in [0, 0.05) is 23.3 Å². The minimum Gasteiger partial charge on any atom is -0.497 e. The van der Waals surface area contributed by atoms with Crippen LogP contribution >= 0.6 is 11.3 Å². The Labute approximate surface area is 149 Å². The van der Waals surface area contributed by atoms with Crippen LogP contribution in [0.4, 0.5) is 16.5 Å². The van der Waals surface area contributed by atoms with E-state index in [4.69, 9.17) is 4.74 Å². The predicted octanol–water partition coefficient (Wildman–Crippen LogP) is 3.93. The number of ether oxygens (including phenoxy) is 1. The molecule has 0 saturated carbocycles. The third kappa shape index (κ3) is 4.16. The Bertz CT molecular complexity index is 854. The number of hydrogen-bond donors (Lipinski definition) is 2. The Morgan fingerprint density at radius 1 is 1.24 bits per heavy atom.